The Labute approximate surface area is 128 Å². The van der Waals surface area contributed by atoms with E-state index >= 15 is 0 Å². The first-order valence-electron chi connectivity index (χ1n) is 7.68. The first-order valence-corrected chi connectivity index (χ1v) is 7.68. The summed E-state index contributed by atoms with van der Waals surface area (Å²) in [6, 6.07) is 6.43. The highest BCUT2D eigenvalue weighted by molar-refractivity contribution is 5.37. The van der Waals surface area contributed by atoms with Crippen molar-refractivity contribution in [2.75, 3.05) is 34.4 Å². The molecule has 118 valence electrons. The number of nitrogens with zero attached hydrogens (tertiary/aromatic N) is 1. The van der Waals surface area contributed by atoms with Crippen molar-refractivity contribution in [3.63, 3.8) is 0 Å². The van der Waals surface area contributed by atoms with Gasteiger partial charge in [0.05, 0.1) is 12.7 Å². The largest absolute Gasteiger partial charge is 0.496 e. The lowest BCUT2D eigenvalue weighted by Gasteiger charge is -2.39. The molecule has 21 heavy (non-hydrogen) atoms. The number of likely N-dealkylation sites (tertiary alicyclic amines) is 1. The molecule has 1 aromatic carbocycles. The lowest BCUT2D eigenvalue weighted by Crippen LogP contribution is -2.46. The van der Waals surface area contributed by atoms with Gasteiger partial charge in [0.15, 0.2) is 0 Å². The topological polar surface area (TPSA) is 33.7 Å². The van der Waals surface area contributed by atoms with Crippen LogP contribution in [0.1, 0.15) is 30.9 Å². The number of piperidine rings is 1. The van der Waals surface area contributed by atoms with Crippen LogP contribution in [0.15, 0.2) is 18.2 Å². The van der Waals surface area contributed by atoms with Gasteiger partial charge in [0.2, 0.25) is 0 Å². The molecule has 0 radical (unpaired) electrons. The molecule has 1 aromatic rings. The van der Waals surface area contributed by atoms with Gasteiger partial charge in [-0.15, -0.1) is 0 Å². The molecule has 1 aliphatic heterocycles. The summed E-state index contributed by atoms with van der Waals surface area (Å²) >= 11 is 0. The molecular weight excluding hydrogens is 264 g/mol. The molecule has 0 aliphatic carbocycles. The van der Waals surface area contributed by atoms with Crippen molar-refractivity contribution < 1.29 is 9.47 Å². The number of hydrogen-bond donors (Lipinski definition) is 1. The van der Waals surface area contributed by atoms with Crippen LogP contribution in [0.5, 0.6) is 5.75 Å². The number of ether oxygens (including phenoxy) is 2. The Morgan fingerprint density at radius 1 is 1.33 bits per heavy atom. The molecule has 1 saturated heterocycles. The van der Waals surface area contributed by atoms with Gasteiger partial charge >= 0.3 is 0 Å². The van der Waals surface area contributed by atoms with Crippen LogP contribution >= 0.6 is 0 Å². The van der Waals surface area contributed by atoms with Crippen LogP contribution in [0.2, 0.25) is 0 Å². The van der Waals surface area contributed by atoms with E-state index in [1.165, 1.54) is 17.5 Å². The zero-order chi connectivity index (χ0) is 15.3. The second-order valence-electron chi connectivity index (χ2n) is 6.14. The maximum absolute atomic E-state index is 5.68. The van der Waals surface area contributed by atoms with Crippen molar-refractivity contribution >= 4 is 0 Å². The number of hydrogen-bond acceptors (Lipinski definition) is 4. The Kier molecular flexibility index (Phi) is 5.62. The van der Waals surface area contributed by atoms with Gasteiger partial charge in [-0.05, 0) is 51.1 Å². The van der Waals surface area contributed by atoms with E-state index < -0.39 is 0 Å². The summed E-state index contributed by atoms with van der Waals surface area (Å²) in [6.07, 6.45) is 2.32. The van der Waals surface area contributed by atoms with Crippen molar-refractivity contribution in [1.29, 1.82) is 0 Å². The Bertz CT molecular complexity index is 464. The number of methoxy groups -OCH3 is 2. The van der Waals surface area contributed by atoms with Crippen LogP contribution in [0, 0.1) is 0 Å². The van der Waals surface area contributed by atoms with Crippen LogP contribution in [-0.4, -0.2) is 44.9 Å². The summed E-state index contributed by atoms with van der Waals surface area (Å²) < 4.78 is 11.2. The zero-order valence-electron chi connectivity index (χ0n) is 13.7. The smallest absolute Gasteiger partial charge is 0.123 e. The molecule has 1 unspecified atom stereocenters. The lowest BCUT2D eigenvalue weighted by molar-refractivity contribution is -0.0528. The van der Waals surface area contributed by atoms with Gasteiger partial charge in [0.1, 0.15) is 5.75 Å². The fourth-order valence-corrected chi connectivity index (χ4v) is 3.12. The summed E-state index contributed by atoms with van der Waals surface area (Å²) in [4.78, 5) is 2.47. The third-order valence-electron chi connectivity index (χ3n) is 4.35. The van der Waals surface area contributed by atoms with Crippen molar-refractivity contribution in [3.05, 3.63) is 29.3 Å². The predicted octanol–water partition coefficient (Wildman–Crippen LogP) is 2.42. The SMILES string of the molecule is CNCc1ccc(OC)c(CN2CCCC(C)(OC)C2)c1. The highest BCUT2D eigenvalue weighted by atomic mass is 16.5. The Morgan fingerprint density at radius 2 is 2.14 bits per heavy atom. The zero-order valence-corrected chi connectivity index (χ0v) is 13.7. The molecule has 0 saturated carbocycles. The molecule has 1 heterocycles. The minimum absolute atomic E-state index is 0.0198. The van der Waals surface area contributed by atoms with Crippen LogP contribution in [0.3, 0.4) is 0 Å². The quantitative estimate of drug-likeness (QED) is 0.873. The Morgan fingerprint density at radius 3 is 2.81 bits per heavy atom. The number of nitrogens with one attached hydrogen (secondary N) is 1. The molecular formula is C17H28N2O2. The van der Waals surface area contributed by atoms with Crippen LogP contribution in [0.25, 0.3) is 0 Å². The average molecular weight is 292 g/mol. The molecule has 1 N–H and O–H groups in total. The number of rotatable bonds is 6. The molecule has 0 bridgehead atoms. The van der Waals surface area contributed by atoms with Crippen LogP contribution in [0.4, 0.5) is 0 Å². The molecule has 4 nitrogen and oxygen atoms in total. The molecule has 0 spiro atoms. The first-order chi connectivity index (χ1) is 10.1. The van der Waals surface area contributed by atoms with E-state index in [0.29, 0.717) is 0 Å². The van der Waals surface area contributed by atoms with Gasteiger partial charge in [-0.25, -0.2) is 0 Å². The maximum atomic E-state index is 5.68. The van der Waals surface area contributed by atoms with E-state index in [9.17, 15) is 0 Å². The molecule has 0 aromatic heterocycles. The fraction of sp³-hybridized carbons (Fsp3) is 0.647. The van der Waals surface area contributed by atoms with E-state index in [1.54, 1.807) is 7.11 Å². The summed E-state index contributed by atoms with van der Waals surface area (Å²) in [7, 11) is 5.53. The maximum Gasteiger partial charge on any atom is 0.123 e. The second kappa shape index (κ2) is 7.25. The number of benzene rings is 1. The van der Waals surface area contributed by atoms with E-state index in [-0.39, 0.29) is 5.60 Å². The van der Waals surface area contributed by atoms with E-state index in [1.807, 2.05) is 14.2 Å². The first kappa shape index (κ1) is 16.3. The molecule has 4 heteroatoms. The minimum atomic E-state index is -0.0198. The highest BCUT2D eigenvalue weighted by Gasteiger charge is 2.30. The Hall–Kier alpha value is -1.10. The van der Waals surface area contributed by atoms with Crippen LogP contribution in [-0.2, 0) is 17.8 Å². The molecule has 2 rings (SSSR count). The monoisotopic (exact) mass is 292 g/mol. The third-order valence-corrected chi connectivity index (χ3v) is 4.35. The van der Waals surface area contributed by atoms with Crippen molar-refractivity contribution in [1.82, 2.24) is 10.2 Å². The van der Waals surface area contributed by atoms with Crippen LogP contribution < -0.4 is 10.1 Å². The molecule has 1 aliphatic rings. The molecule has 1 atom stereocenters. The average Bonchev–Trinajstić information content (AvgIpc) is 2.48. The normalized spacial score (nSPS) is 23.2. The minimum Gasteiger partial charge on any atom is -0.496 e. The van der Waals surface area contributed by atoms with E-state index in [4.69, 9.17) is 9.47 Å². The van der Waals surface area contributed by atoms with E-state index in [0.717, 1.165) is 38.3 Å². The predicted molar refractivity (Wildman–Crippen MR) is 85.7 cm³/mol. The molecule has 1 fully saturated rings. The summed E-state index contributed by atoms with van der Waals surface area (Å²) in [5.74, 6) is 0.972. The second-order valence-corrected chi connectivity index (χ2v) is 6.14. The Balaban J connectivity index is 2.12. The van der Waals surface area contributed by atoms with Gasteiger partial charge < -0.3 is 14.8 Å². The van der Waals surface area contributed by atoms with Crippen molar-refractivity contribution in [3.8, 4) is 5.75 Å². The van der Waals surface area contributed by atoms with E-state index in [2.05, 4.69) is 35.3 Å². The van der Waals surface area contributed by atoms with Gasteiger partial charge in [0, 0.05) is 32.3 Å². The van der Waals surface area contributed by atoms with Crippen molar-refractivity contribution in [2.24, 2.45) is 0 Å². The summed E-state index contributed by atoms with van der Waals surface area (Å²) in [5, 5.41) is 3.20. The van der Waals surface area contributed by atoms with Gasteiger partial charge in [-0.1, -0.05) is 6.07 Å². The third kappa shape index (κ3) is 4.19. The van der Waals surface area contributed by atoms with Gasteiger partial charge in [-0.3, -0.25) is 4.90 Å². The summed E-state index contributed by atoms with van der Waals surface area (Å²) in [5.41, 5.74) is 2.53. The standard InChI is InChI=1S/C17H28N2O2/c1-17(21-4)8-5-9-19(13-17)12-15-10-14(11-18-2)6-7-16(15)20-3/h6-7,10,18H,5,8-9,11-13H2,1-4H3. The van der Waals surface area contributed by atoms with Gasteiger partial charge in [0.25, 0.3) is 0 Å². The molecule has 0 amide bonds. The highest BCUT2D eigenvalue weighted by Crippen LogP contribution is 2.27. The summed E-state index contributed by atoms with van der Waals surface area (Å²) in [6.45, 7) is 6.10. The van der Waals surface area contributed by atoms with Gasteiger partial charge in [-0.2, -0.15) is 0 Å². The fourth-order valence-electron chi connectivity index (χ4n) is 3.12. The lowest BCUT2D eigenvalue weighted by atomic mass is 9.94. The van der Waals surface area contributed by atoms with Crippen molar-refractivity contribution in [2.45, 2.75) is 38.5 Å².